The molecule has 0 bridgehead atoms. The number of nitrogens with two attached hydrogens (primary N) is 1. The van der Waals surface area contributed by atoms with Gasteiger partial charge in [-0.1, -0.05) is 17.7 Å². The van der Waals surface area contributed by atoms with Crippen LogP contribution >= 0.6 is 11.6 Å². The van der Waals surface area contributed by atoms with E-state index in [4.69, 9.17) is 17.3 Å². The van der Waals surface area contributed by atoms with Crippen LogP contribution in [0.5, 0.6) is 0 Å². The fourth-order valence-corrected chi connectivity index (χ4v) is 2.00. The smallest absolute Gasteiger partial charge is 0.187 e. The van der Waals surface area contributed by atoms with Crippen LogP contribution in [0.15, 0.2) is 42.5 Å². The molecule has 0 aliphatic rings. The lowest BCUT2D eigenvalue weighted by Gasteiger charge is -2.06. The summed E-state index contributed by atoms with van der Waals surface area (Å²) in [6, 6.07) is 11.1. The monoisotopic (exact) mass is 289 g/mol. The van der Waals surface area contributed by atoms with Crippen molar-refractivity contribution in [2.24, 2.45) is 0 Å². The SMILES string of the molecule is Nc1ccc(-c2nnnn2-c2cccc(F)c2)cc1Cl. The molecule has 20 heavy (non-hydrogen) atoms. The fourth-order valence-electron chi connectivity index (χ4n) is 1.82. The molecular formula is C13H9ClFN5. The summed E-state index contributed by atoms with van der Waals surface area (Å²) in [5, 5.41) is 11.8. The second kappa shape index (κ2) is 4.90. The molecule has 5 nitrogen and oxygen atoms in total. The van der Waals surface area contributed by atoms with Gasteiger partial charge >= 0.3 is 0 Å². The molecule has 1 aromatic heterocycles. The summed E-state index contributed by atoms with van der Waals surface area (Å²) in [5.41, 5.74) is 7.36. The van der Waals surface area contributed by atoms with Crippen molar-refractivity contribution in [3.05, 3.63) is 53.3 Å². The van der Waals surface area contributed by atoms with Crippen LogP contribution in [-0.2, 0) is 0 Å². The van der Waals surface area contributed by atoms with Crippen molar-refractivity contribution in [1.82, 2.24) is 20.2 Å². The molecule has 2 aromatic carbocycles. The predicted octanol–water partition coefficient (Wildman–Crippen LogP) is 2.70. The highest BCUT2D eigenvalue weighted by atomic mass is 35.5. The lowest BCUT2D eigenvalue weighted by atomic mass is 10.2. The largest absolute Gasteiger partial charge is 0.398 e. The number of anilines is 1. The van der Waals surface area contributed by atoms with Crippen LogP contribution in [0.1, 0.15) is 0 Å². The molecule has 0 aliphatic carbocycles. The third-order valence-corrected chi connectivity index (χ3v) is 3.11. The van der Waals surface area contributed by atoms with Gasteiger partial charge in [-0.3, -0.25) is 0 Å². The number of halogens is 2. The van der Waals surface area contributed by atoms with Crippen molar-refractivity contribution in [1.29, 1.82) is 0 Å². The number of nitrogen functional groups attached to an aromatic ring is 1. The van der Waals surface area contributed by atoms with Gasteiger partial charge in [0.15, 0.2) is 5.82 Å². The van der Waals surface area contributed by atoms with Gasteiger partial charge in [0.05, 0.1) is 16.4 Å². The van der Waals surface area contributed by atoms with Crippen molar-refractivity contribution in [3.63, 3.8) is 0 Å². The topological polar surface area (TPSA) is 69.6 Å². The average Bonchev–Trinajstić information content (AvgIpc) is 2.91. The molecular weight excluding hydrogens is 281 g/mol. The zero-order chi connectivity index (χ0) is 14.1. The van der Waals surface area contributed by atoms with Gasteiger partial charge in [-0.05, 0) is 46.8 Å². The Hall–Kier alpha value is -2.47. The van der Waals surface area contributed by atoms with Crippen molar-refractivity contribution in [3.8, 4) is 17.1 Å². The van der Waals surface area contributed by atoms with Crippen molar-refractivity contribution < 1.29 is 4.39 Å². The van der Waals surface area contributed by atoms with Crippen LogP contribution < -0.4 is 5.73 Å². The third kappa shape index (κ3) is 2.21. The molecule has 0 radical (unpaired) electrons. The molecule has 0 spiro atoms. The van der Waals surface area contributed by atoms with Gasteiger partial charge in [-0.2, -0.15) is 4.68 Å². The minimum absolute atomic E-state index is 0.362. The van der Waals surface area contributed by atoms with Gasteiger partial charge in [-0.15, -0.1) is 5.10 Å². The van der Waals surface area contributed by atoms with E-state index in [2.05, 4.69) is 15.5 Å². The summed E-state index contributed by atoms with van der Waals surface area (Å²) >= 11 is 5.99. The Morgan fingerprint density at radius 2 is 2.00 bits per heavy atom. The van der Waals surface area contributed by atoms with Crippen molar-refractivity contribution in [2.45, 2.75) is 0 Å². The Labute approximate surface area is 118 Å². The number of rotatable bonds is 2. The van der Waals surface area contributed by atoms with E-state index in [1.807, 2.05) is 0 Å². The Balaban J connectivity index is 2.12. The molecule has 2 N–H and O–H groups in total. The highest BCUT2D eigenvalue weighted by Gasteiger charge is 2.12. The van der Waals surface area contributed by atoms with E-state index in [1.54, 1.807) is 30.3 Å². The van der Waals surface area contributed by atoms with Crippen LogP contribution in [0.4, 0.5) is 10.1 Å². The molecule has 0 fully saturated rings. The van der Waals surface area contributed by atoms with E-state index >= 15 is 0 Å². The summed E-state index contributed by atoms with van der Waals surface area (Å²) in [6.45, 7) is 0. The summed E-state index contributed by atoms with van der Waals surface area (Å²) in [4.78, 5) is 0. The Kier molecular flexibility index (Phi) is 3.08. The van der Waals surface area contributed by atoms with Gasteiger partial charge in [0.2, 0.25) is 0 Å². The molecule has 7 heteroatoms. The molecule has 0 atom stereocenters. The predicted molar refractivity (Wildman–Crippen MR) is 74.0 cm³/mol. The molecule has 1 heterocycles. The number of nitrogens with zero attached hydrogens (tertiary/aromatic N) is 4. The first-order valence-electron chi connectivity index (χ1n) is 5.75. The van der Waals surface area contributed by atoms with E-state index < -0.39 is 0 Å². The number of aromatic nitrogens is 4. The molecule has 0 saturated heterocycles. The second-order valence-corrected chi connectivity index (χ2v) is 4.54. The fraction of sp³-hybridized carbons (Fsp3) is 0. The van der Waals surface area contributed by atoms with Gasteiger partial charge in [0, 0.05) is 5.56 Å². The molecule has 0 aliphatic heterocycles. The molecule has 0 amide bonds. The van der Waals surface area contributed by atoms with Crippen LogP contribution in [0.25, 0.3) is 17.1 Å². The quantitative estimate of drug-likeness (QED) is 0.736. The number of hydrogen-bond acceptors (Lipinski definition) is 4. The van der Waals surface area contributed by atoms with Gasteiger partial charge < -0.3 is 5.73 Å². The standard InChI is InChI=1S/C13H9ClFN5/c14-11-6-8(4-5-12(11)16)13-17-18-19-20(13)10-3-1-2-9(15)7-10/h1-7H,16H2. The van der Waals surface area contributed by atoms with Crippen molar-refractivity contribution in [2.75, 3.05) is 5.73 Å². The number of hydrogen-bond donors (Lipinski definition) is 1. The zero-order valence-corrected chi connectivity index (χ0v) is 10.9. The minimum atomic E-state index is -0.362. The lowest BCUT2D eigenvalue weighted by Crippen LogP contribution is -2.00. The van der Waals surface area contributed by atoms with Crippen LogP contribution in [0.2, 0.25) is 5.02 Å². The summed E-state index contributed by atoms with van der Waals surface area (Å²) in [5.74, 6) is 0.0942. The first-order valence-corrected chi connectivity index (χ1v) is 6.12. The highest BCUT2D eigenvalue weighted by Crippen LogP contribution is 2.26. The zero-order valence-electron chi connectivity index (χ0n) is 10.2. The Morgan fingerprint density at radius 1 is 1.15 bits per heavy atom. The molecule has 3 aromatic rings. The normalized spacial score (nSPS) is 10.7. The summed E-state index contributed by atoms with van der Waals surface area (Å²) < 4.78 is 14.7. The lowest BCUT2D eigenvalue weighted by molar-refractivity contribution is 0.625. The Morgan fingerprint density at radius 3 is 2.75 bits per heavy atom. The van der Waals surface area contributed by atoms with E-state index in [0.29, 0.717) is 27.8 Å². The maximum Gasteiger partial charge on any atom is 0.187 e. The van der Waals surface area contributed by atoms with E-state index in [9.17, 15) is 4.39 Å². The van der Waals surface area contributed by atoms with Gasteiger partial charge in [0.1, 0.15) is 5.82 Å². The number of benzene rings is 2. The minimum Gasteiger partial charge on any atom is -0.398 e. The van der Waals surface area contributed by atoms with Crippen LogP contribution in [-0.4, -0.2) is 20.2 Å². The second-order valence-electron chi connectivity index (χ2n) is 4.13. The molecule has 3 rings (SSSR count). The third-order valence-electron chi connectivity index (χ3n) is 2.78. The van der Waals surface area contributed by atoms with Gasteiger partial charge in [0.25, 0.3) is 0 Å². The maximum absolute atomic E-state index is 13.3. The first kappa shape index (κ1) is 12.6. The maximum atomic E-state index is 13.3. The highest BCUT2D eigenvalue weighted by molar-refractivity contribution is 6.33. The molecule has 100 valence electrons. The van der Waals surface area contributed by atoms with Crippen LogP contribution in [0.3, 0.4) is 0 Å². The van der Waals surface area contributed by atoms with E-state index in [-0.39, 0.29) is 5.82 Å². The Bertz CT molecular complexity index is 771. The molecule has 0 saturated carbocycles. The van der Waals surface area contributed by atoms with E-state index in [1.165, 1.54) is 16.8 Å². The first-order chi connectivity index (χ1) is 9.65. The van der Waals surface area contributed by atoms with E-state index in [0.717, 1.165) is 0 Å². The number of tetrazole rings is 1. The van der Waals surface area contributed by atoms with Crippen molar-refractivity contribution >= 4 is 17.3 Å². The molecule has 0 unspecified atom stereocenters. The average molecular weight is 290 g/mol. The van der Waals surface area contributed by atoms with Crippen LogP contribution in [0, 0.1) is 5.82 Å². The van der Waals surface area contributed by atoms with Gasteiger partial charge in [-0.25, -0.2) is 4.39 Å². The summed E-state index contributed by atoms with van der Waals surface area (Å²) in [7, 11) is 0. The summed E-state index contributed by atoms with van der Waals surface area (Å²) in [6.07, 6.45) is 0.